The molecule has 484 valence electrons. The molecular formula is C57H94O27. The van der Waals surface area contributed by atoms with Crippen LogP contribution in [0.2, 0.25) is 0 Å². The van der Waals surface area contributed by atoms with Crippen molar-refractivity contribution in [3.8, 4) is 0 Å². The standard InChI is InChI=1S/C57H94O27/c1-21-8-13-57(73-20-21)22(2)34-29(84-57)15-28-26-7-6-24-14-25(9-11-55(24,4)27(26)10-12-56(28,34)5)75-51-44(71)40(67)47(33(19-61)78-51)81-54-49(83-52-43(70)39(66)36(63)30(16-58)76-52)48(37(64)31(17-59)77-54)82-53-45(72)41(68)46(32(18-60)79-53)80-50-42(69)38(65)35(62)23(3)74-50/h21-54,58-72H,6-20H2,1-5H3/t21-,22+,23+,24+,25+,26-,27+,28+,29+,30-,31-,32-,33-,34+,35+,36-,37-,38-,39+,40-,41-,42-,43-,44-,45-,46-,47+,48+,49-,50+,51-,52+,53+,54+,55+,56+,57-/m1/s1. The van der Waals surface area contributed by atoms with Crippen LogP contribution in [0.3, 0.4) is 0 Å². The van der Waals surface area contributed by atoms with E-state index < -0.39 is 186 Å². The molecule has 11 aliphatic rings. The predicted molar refractivity (Wildman–Crippen MR) is 279 cm³/mol. The van der Waals surface area contributed by atoms with Crippen molar-refractivity contribution in [2.24, 2.45) is 52.3 Å². The summed E-state index contributed by atoms with van der Waals surface area (Å²) in [5, 5.41) is 164. The van der Waals surface area contributed by atoms with Gasteiger partial charge in [-0.3, -0.25) is 0 Å². The van der Waals surface area contributed by atoms with Crippen LogP contribution in [0.4, 0.5) is 0 Å². The van der Waals surface area contributed by atoms with E-state index in [4.69, 9.17) is 56.8 Å². The summed E-state index contributed by atoms with van der Waals surface area (Å²) in [6.45, 7) is 8.05. The minimum Gasteiger partial charge on any atom is -0.394 e. The highest BCUT2D eigenvalue weighted by atomic mass is 16.8. The van der Waals surface area contributed by atoms with E-state index in [-0.39, 0.29) is 23.0 Å². The van der Waals surface area contributed by atoms with Crippen LogP contribution in [0.25, 0.3) is 0 Å². The third-order valence-electron chi connectivity index (χ3n) is 22.5. The number of aliphatic hydroxyl groups excluding tert-OH is 15. The largest absolute Gasteiger partial charge is 0.394 e. The highest BCUT2D eigenvalue weighted by Crippen LogP contribution is 2.71. The van der Waals surface area contributed by atoms with Crippen molar-refractivity contribution < 1.29 is 133 Å². The quantitative estimate of drug-likeness (QED) is 0.0736. The molecule has 0 amide bonds. The molecule has 27 nitrogen and oxygen atoms in total. The van der Waals surface area contributed by atoms with Gasteiger partial charge in [0.15, 0.2) is 37.2 Å². The molecule has 7 heterocycles. The van der Waals surface area contributed by atoms with Gasteiger partial charge in [0.2, 0.25) is 0 Å². The van der Waals surface area contributed by atoms with Gasteiger partial charge >= 0.3 is 0 Å². The highest BCUT2D eigenvalue weighted by Gasteiger charge is 2.70. The Morgan fingerprint density at radius 1 is 0.429 bits per heavy atom. The van der Waals surface area contributed by atoms with Crippen LogP contribution >= 0.6 is 0 Å². The fourth-order valence-electron chi connectivity index (χ4n) is 17.6. The van der Waals surface area contributed by atoms with Crippen LogP contribution in [-0.4, -0.2) is 281 Å². The molecule has 0 radical (unpaired) electrons. The van der Waals surface area contributed by atoms with E-state index in [9.17, 15) is 76.6 Å². The second kappa shape index (κ2) is 25.2. The Hall–Kier alpha value is -1.08. The summed E-state index contributed by atoms with van der Waals surface area (Å²) in [5.74, 6) is 2.83. The molecule has 11 fully saturated rings. The average Bonchev–Trinajstić information content (AvgIpc) is 1.52. The van der Waals surface area contributed by atoms with Gasteiger partial charge in [-0.05, 0) is 111 Å². The van der Waals surface area contributed by atoms with Crippen molar-refractivity contribution in [3.63, 3.8) is 0 Å². The van der Waals surface area contributed by atoms with Crippen molar-refractivity contribution in [1.29, 1.82) is 0 Å². The van der Waals surface area contributed by atoms with E-state index in [1.165, 1.54) is 6.92 Å². The van der Waals surface area contributed by atoms with Gasteiger partial charge in [-0.25, -0.2) is 0 Å². The van der Waals surface area contributed by atoms with E-state index in [0.717, 1.165) is 58.0 Å². The van der Waals surface area contributed by atoms with E-state index >= 15 is 0 Å². The average molecular weight is 1210 g/mol. The number of rotatable bonds is 14. The Morgan fingerprint density at radius 2 is 0.940 bits per heavy atom. The second-order valence-electron chi connectivity index (χ2n) is 27.1. The molecule has 0 unspecified atom stereocenters. The summed E-state index contributed by atoms with van der Waals surface area (Å²) in [5.41, 5.74) is 0.222. The van der Waals surface area contributed by atoms with Gasteiger partial charge in [-0.1, -0.05) is 27.7 Å². The summed E-state index contributed by atoms with van der Waals surface area (Å²) in [6.07, 6.45) is -35.5. The van der Waals surface area contributed by atoms with Gasteiger partial charge in [-0.15, -0.1) is 0 Å². The Balaban J connectivity index is 0.773. The number of hydrogen-bond acceptors (Lipinski definition) is 27. The highest BCUT2D eigenvalue weighted by molar-refractivity contribution is 5.16. The fourth-order valence-corrected chi connectivity index (χ4v) is 17.6. The lowest BCUT2D eigenvalue weighted by Gasteiger charge is -2.61. The topological polar surface area (TPSA) is 414 Å². The van der Waals surface area contributed by atoms with E-state index in [0.29, 0.717) is 54.3 Å². The van der Waals surface area contributed by atoms with Crippen LogP contribution in [0.5, 0.6) is 0 Å². The molecule has 0 aromatic rings. The SMILES string of the molecule is C[C@@H]1CC[C@@]2(OC1)O[C@H]1C[C@H]3[C@@H]4CC[C@H]5C[C@@H](O[C@@H]6O[C@H](CO)[C@H](O[C@@H]7O[C@H](CO)[C@@H](O)[C@H](O[C@@H]8O[C@H](CO)[C@@H](O[C@@H]9O[C@@H](C)[C@H](O)[C@@H](O)[C@H]9O)[C@H](O)[C@H]8O)[C@H]7O[C@@H]7O[C@H](CO)[C@@H](O)[C@H](O)[C@H]7O)[C@H](O)[C@H]6O)CC[C@]5(C)[C@H]4CC[C@]3(C)[C@H]1[C@@H]2C. The van der Waals surface area contributed by atoms with Crippen LogP contribution in [-0.2, 0) is 56.8 Å². The number of fused-ring (bicyclic) bond motifs is 7. The van der Waals surface area contributed by atoms with Gasteiger partial charge in [0.05, 0.1) is 51.3 Å². The molecule has 0 aromatic heterocycles. The zero-order valence-corrected chi connectivity index (χ0v) is 48.3. The van der Waals surface area contributed by atoms with Crippen molar-refractivity contribution in [3.05, 3.63) is 0 Å². The van der Waals surface area contributed by atoms with Gasteiger partial charge in [0.25, 0.3) is 0 Å². The zero-order chi connectivity index (χ0) is 60.2. The Bertz CT molecular complexity index is 2180. The predicted octanol–water partition coefficient (Wildman–Crippen LogP) is -4.06. The van der Waals surface area contributed by atoms with Gasteiger partial charge in [0, 0.05) is 12.3 Å². The number of hydrogen-bond donors (Lipinski definition) is 15. The second-order valence-corrected chi connectivity index (χ2v) is 27.1. The van der Waals surface area contributed by atoms with Crippen LogP contribution in [0.1, 0.15) is 98.8 Å². The van der Waals surface area contributed by atoms with Crippen LogP contribution in [0, 0.1) is 52.3 Å². The molecule has 4 aliphatic carbocycles. The molecular weight excluding hydrogens is 1120 g/mol. The van der Waals surface area contributed by atoms with Gasteiger partial charge < -0.3 is 133 Å². The normalized spacial score (nSPS) is 57.7. The third-order valence-corrected chi connectivity index (χ3v) is 22.5. The first-order chi connectivity index (χ1) is 39.9. The van der Waals surface area contributed by atoms with Crippen LogP contribution < -0.4 is 0 Å². The summed E-state index contributed by atoms with van der Waals surface area (Å²) < 4.78 is 73.6. The van der Waals surface area contributed by atoms with Crippen molar-refractivity contribution in [2.75, 3.05) is 33.0 Å². The van der Waals surface area contributed by atoms with E-state index in [1.807, 2.05) is 0 Å². The lowest BCUT2D eigenvalue weighted by molar-refractivity contribution is -0.410. The minimum atomic E-state index is -2.15. The minimum absolute atomic E-state index is 0.0507. The van der Waals surface area contributed by atoms with Crippen molar-refractivity contribution >= 4 is 0 Å². The van der Waals surface area contributed by atoms with Crippen molar-refractivity contribution in [1.82, 2.24) is 0 Å². The molecule has 15 N–H and O–H groups in total. The first-order valence-corrected chi connectivity index (χ1v) is 30.7. The maximum Gasteiger partial charge on any atom is 0.187 e. The Kier molecular flexibility index (Phi) is 19.3. The lowest BCUT2D eigenvalue weighted by Crippen LogP contribution is -2.69. The van der Waals surface area contributed by atoms with Crippen molar-refractivity contribution in [2.45, 2.75) is 270 Å². The monoisotopic (exact) mass is 1210 g/mol. The first kappa shape index (κ1) is 64.4. The lowest BCUT2D eigenvalue weighted by atomic mass is 9.44. The number of ether oxygens (including phenoxy) is 12. The molecule has 1 spiro atoms. The molecule has 84 heavy (non-hydrogen) atoms. The number of aliphatic hydroxyl groups is 15. The summed E-state index contributed by atoms with van der Waals surface area (Å²) in [7, 11) is 0. The molecule has 37 atom stereocenters. The molecule has 0 aromatic carbocycles. The zero-order valence-electron chi connectivity index (χ0n) is 48.3. The molecule has 0 bridgehead atoms. The maximum absolute atomic E-state index is 12.0. The maximum atomic E-state index is 12.0. The van der Waals surface area contributed by atoms with E-state index in [2.05, 4.69) is 27.7 Å². The summed E-state index contributed by atoms with van der Waals surface area (Å²) >= 11 is 0. The molecule has 7 saturated heterocycles. The summed E-state index contributed by atoms with van der Waals surface area (Å²) in [4.78, 5) is 0. The van der Waals surface area contributed by atoms with E-state index in [1.54, 1.807) is 0 Å². The van der Waals surface area contributed by atoms with Crippen LogP contribution in [0.15, 0.2) is 0 Å². The smallest absolute Gasteiger partial charge is 0.187 e. The molecule has 27 heteroatoms. The molecule has 4 saturated carbocycles. The third kappa shape index (κ3) is 11.2. The summed E-state index contributed by atoms with van der Waals surface area (Å²) in [6, 6.07) is 0. The van der Waals surface area contributed by atoms with Gasteiger partial charge in [0.1, 0.15) is 116 Å². The Morgan fingerprint density at radius 3 is 1.55 bits per heavy atom. The molecule has 7 aliphatic heterocycles. The Labute approximate surface area is 487 Å². The fraction of sp³-hybridized carbons (Fsp3) is 1.00. The molecule has 11 rings (SSSR count). The first-order valence-electron chi connectivity index (χ1n) is 30.7. The van der Waals surface area contributed by atoms with Gasteiger partial charge in [-0.2, -0.15) is 0 Å².